The van der Waals surface area contributed by atoms with Gasteiger partial charge in [-0.3, -0.25) is 9.59 Å². The Morgan fingerprint density at radius 2 is 1.83 bits per heavy atom. The maximum atomic E-state index is 12.6. The number of hydrogen-bond donors (Lipinski definition) is 1. The van der Waals surface area contributed by atoms with E-state index in [1.807, 2.05) is 55.4 Å². The lowest BCUT2D eigenvalue weighted by atomic mass is 10.1. The first-order chi connectivity index (χ1) is 14.0. The van der Waals surface area contributed by atoms with Gasteiger partial charge in [0.2, 0.25) is 11.8 Å². The first-order valence-electron chi connectivity index (χ1n) is 9.75. The second-order valence-electron chi connectivity index (χ2n) is 7.51. The van der Waals surface area contributed by atoms with Gasteiger partial charge in [-0.25, -0.2) is 0 Å². The van der Waals surface area contributed by atoms with Gasteiger partial charge < -0.3 is 24.6 Å². The van der Waals surface area contributed by atoms with Crippen molar-refractivity contribution in [3.63, 3.8) is 0 Å². The van der Waals surface area contributed by atoms with E-state index in [2.05, 4.69) is 5.32 Å². The lowest BCUT2D eigenvalue weighted by molar-refractivity contribution is -0.126. The largest absolute Gasteiger partial charge is 0.486 e. The predicted molar refractivity (Wildman–Crippen MR) is 111 cm³/mol. The summed E-state index contributed by atoms with van der Waals surface area (Å²) in [4.78, 5) is 28.8. The smallest absolute Gasteiger partial charge is 0.227 e. The van der Waals surface area contributed by atoms with E-state index in [1.165, 1.54) is 0 Å². The van der Waals surface area contributed by atoms with Crippen molar-refractivity contribution in [1.82, 2.24) is 5.32 Å². The number of anilines is 2. The third kappa shape index (κ3) is 4.13. The molecule has 0 spiro atoms. The van der Waals surface area contributed by atoms with Crippen molar-refractivity contribution in [3.8, 4) is 11.5 Å². The summed E-state index contributed by atoms with van der Waals surface area (Å²) >= 11 is 0. The number of fused-ring (bicyclic) bond motifs is 1. The molecule has 0 unspecified atom stereocenters. The Morgan fingerprint density at radius 1 is 1.10 bits per heavy atom. The average molecular weight is 395 g/mol. The number of rotatable bonds is 5. The molecule has 2 aromatic rings. The van der Waals surface area contributed by atoms with Crippen LogP contribution in [0.15, 0.2) is 42.5 Å². The number of amides is 2. The molecule has 1 fully saturated rings. The molecule has 0 bridgehead atoms. The van der Waals surface area contributed by atoms with Gasteiger partial charge in [0, 0.05) is 51.0 Å². The highest BCUT2D eigenvalue weighted by molar-refractivity contribution is 6.00. The van der Waals surface area contributed by atoms with Crippen LogP contribution in [0.25, 0.3) is 0 Å². The van der Waals surface area contributed by atoms with Crippen LogP contribution in [0.1, 0.15) is 12.0 Å². The van der Waals surface area contributed by atoms with Crippen molar-refractivity contribution < 1.29 is 19.1 Å². The van der Waals surface area contributed by atoms with Gasteiger partial charge in [0.15, 0.2) is 11.5 Å². The van der Waals surface area contributed by atoms with Gasteiger partial charge in [0.25, 0.3) is 0 Å². The Bertz CT molecular complexity index is 911. The van der Waals surface area contributed by atoms with Crippen molar-refractivity contribution in [2.75, 3.05) is 43.7 Å². The van der Waals surface area contributed by atoms with E-state index in [4.69, 9.17) is 9.47 Å². The lowest BCUT2D eigenvalue weighted by Crippen LogP contribution is -2.32. The molecule has 7 nitrogen and oxygen atoms in total. The molecule has 1 atom stereocenters. The van der Waals surface area contributed by atoms with E-state index < -0.39 is 0 Å². The van der Waals surface area contributed by atoms with Crippen LogP contribution in [0.5, 0.6) is 11.5 Å². The monoisotopic (exact) mass is 395 g/mol. The highest BCUT2D eigenvalue weighted by Gasteiger charge is 2.35. The summed E-state index contributed by atoms with van der Waals surface area (Å²) in [6.07, 6.45) is 0.208. The van der Waals surface area contributed by atoms with Crippen molar-refractivity contribution in [2.24, 2.45) is 5.92 Å². The molecule has 0 radical (unpaired) electrons. The quantitative estimate of drug-likeness (QED) is 0.840. The topological polar surface area (TPSA) is 71.1 Å². The van der Waals surface area contributed by atoms with Gasteiger partial charge in [0.05, 0.1) is 5.92 Å². The second kappa shape index (κ2) is 8.03. The molecular formula is C22H25N3O4. The zero-order valence-electron chi connectivity index (χ0n) is 16.7. The van der Waals surface area contributed by atoms with E-state index in [1.54, 1.807) is 11.0 Å². The van der Waals surface area contributed by atoms with Gasteiger partial charge in [-0.05, 0) is 29.8 Å². The summed E-state index contributed by atoms with van der Waals surface area (Å²) in [5, 5.41) is 2.96. The third-order valence-electron chi connectivity index (χ3n) is 5.25. The summed E-state index contributed by atoms with van der Waals surface area (Å²) in [5.74, 6) is 0.792. The molecule has 152 valence electrons. The standard InChI is InChI=1S/C22H25N3O4/c1-24(2)17-5-3-15(4-6-17)13-23-22(27)16-11-21(26)25(14-16)18-7-8-19-20(12-18)29-10-9-28-19/h3-8,12,16H,9-11,13-14H2,1-2H3,(H,23,27)/t16-/m1/s1. The van der Waals surface area contributed by atoms with E-state index in [0.717, 1.165) is 16.9 Å². The van der Waals surface area contributed by atoms with Crippen molar-refractivity contribution in [3.05, 3.63) is 48.0 Å². The Morgan fingerprint density at radius 3 is 2.55 bits per heavy atom. The SMILES string of the molecule is CN(C)c1ccc(CNC(=O)[C@@H]2CC(=O)N(c3ccc4c(c3)OCCO4)C2)cc1. The second-order valence-corrected chi connectivity index (χ2v) is 7.51. The van der Waals surface area contributed by atoms with E-state index in [0.29, 0.717) is 37.8 Å². The minimum Gasteiger partial charge on any atom is -0.486 e. The maximum absolute atomic E-state index is 12.6. The number of carbonyl (C=O) groups excluding carboxylic acids is 2. The molecule has 2 heterocycles. The van der Waals surface area contributed by atoms with Crippen LogP contribution in [-0.4, -0.2) is 45.7 Å². The predicted octanol–water partition coefficient (Wildman–Crippen LogP) is 2.19. The zero-order valence-corrected chi connectivity index (χ0v) is 16.7. The number of benzene rings is 2. The van der Waals surface area contributed by atoms with Crippen LogP contribution in [0.4, 0.5) is 11.4 Å². The molecule has 0 saturated carbocycles. The Labute approximate surface area is 170 Å². The fraction of sp³-hybridized carbons (Fsp3) is 0.364. The summed E-state index contributed by atoms with van der Waals surface area (Å²) in [5.41, 5.74) is 2.86. The molecule has 2 amide bonds. The molecule has 29 heavy (non-hydrogen) atoms. The fourth-order valence-corrected chi connectivity index (χ4v) is 3.58. The van der Waals surface area contributed by atoms with Gasteiger partial charge in [-0.1, -0.05) is 12.1 Å². The van der Waals surface area contributed by atoms with Crippen LogP contribution < -0.4 is 24.6 Å². The number of nitrogens with zero attached hydrogens (tertiary/aromatic N) is 2. The molecule has 0 aliphatic carbocycles. The van der Waals surface area contributed by atoms with Crippen molar-refractivity contribution in [1.29, 1.82) is 0 Å². The number of nitrogens with one attached hydrogen (secondary N) is 1. The summed E-state index contributed by atoms with van der Waals surface area (Å²) in [7, 11) is 3.97. The molecule has 1 N–H and O–H groups in total. The molecule has 2 aliphatic rings. The molecular weight excluding hydrogens is 370 g/mol. The molecule has 1 saturated heterocycles. The number of ether oxygens (including phenoxy) is 2. The molecule has 0 aromatic heterocycles. The van der Waals surface area contributed by atoms with Crippen molar-refractivity contribution >= 4 is 23.2 Å². The van der Waals surface area contributed by atoms with Crippen LogP contribution in [0.2, 0.25) is 0 Å². The van der Waals surface area contributed by atoms with Gasteiger partial charge >= 0.3 is 0 Å². The average Bonchev–Trinajstić information content (AvgIpc) is 3.13. The summed E-state index contributed by atoms with van der Waals surface area (Å²) in [6, 6.07) is 13.5. The highest BCUT2D eigenvalue weighted by atomic mass is 16.6. The molecule has 4 rings (SSSR count). The fourth-order valence-electron chi connectivity index (χ4n) is 3.58. The van der Waals surface area contributed by atoms with Gasteiger partial charge in [0.1, 0.15) is 13.2 Å². The minimum absolute atomic E-state index is 0.0582. The molecule has 7 heteroatoms. The third-order valence-corrected chi connectivity index (χ3v) is 5.25. The van der Waals surface area contributed by atoms with Crippen LogP contribution in [0.3, 0.4) is 0 Å². The van der Waals surface area contributed by atoms with E-state index in [-0.39, 0.29) is 24.2 Å². The first-order valence-corrected chi connectivity index (χ1v) is 9.75. The summed E-state index contributed by atoms with van der Waals surface area (Å²) in [6.45, 7) is 1.82. The maximum Gasteiger partial charge on any atom is 0.227 e. The van der Waals surface area contributed by atoms with Crippen LogP contribution in [0, 0.1) is 5.92 Å². The van der Waals surface area contributed by atoms with Crippen LogP contribution in [-0.2, 0) is 16.1 Å². The number of hydrogen-bond acceptors (Lipinski definition) is 5. The number of carbonyl (C=O) groups is 2. The Balaban J connectivity index is 1.36. The van der Waals surface area contributed by atoms with E-state index in [9.17, 15) is 9.59 Å². The summed E-state index contributed by atoms with van der Waals surface area (Å²) < 4.78 is 11.1. The van der Waals surface area contributed by atoms with E-state index >= 15 is 0 Å². The Hall–Kier alpha value is -3.22. The Kier molecular flexibility index (Phi) is 5.29. The lowest BCUT2D eigenvalue weighted by Gasteiger charge is -2.22. The first kappa shape index (κ1) is 19.1. The van der Waals surface area contributed by atoms with Gasteiger partial charge in [-0.15, -0.1) is 0 Å². The molecule has 2 aliphatic heterocycles. The minimum atomic E-state index is -0.364. The zero-order chi connectivity index (χ0) is 20.4. The van der Waals surface area contributed by atoms with Crippen LogP contribution >= 0.6 is 0 Å². The van der Waals surface area contributed by atoms with Crippen molar-refractivity contribution in [2.45, 2.75) is 13.0 Å². The highest BCUT2D eigenvalue weighted by Crippen LogP contribution is 2.36. The normalized spacial score (nSPS) is 17.9. The molecule has 2 aromatic carbocycles. The van der Waals surface area contributed by atoms with Gasteiger partial charge in [-0.2, -0.15) is 0 Å².